The van der Waals surface area contributed by atoms with Gasteiger partial charge in [0, 0.05) is 4.47 Å². The number of hydrogen-bond acceptors (Lipinski definition) is 3. The number of hydrogen-bond donors (Lipinski definition) is 1. The predicted molar refractivity (Wildman–Crippen MR) is 56.0 cm³/mol. The van der Waals surface area contributed by atoms with Crippen LogP contribution in [0, 0.1) is 0 Å². The van der Waals surface area contributed by atoms with E-state index in [1.165, 1.54) is 11.0 Å². The molecule has 76 valence electrons. The van der Waals surface area contributed by atoms with Gasteiger partial charge in [0.25, 0.3) is 5.82 Å². The Morgan fingerprint density at radius 3 is 2.53 bits per heavy atom. The molecule has 0 aliphatic carbocycles. The van der Waals surface area contributed by atoms with Crippen molar-refractivity contribution in [3.63, 3.8) is 0 Å². The van der Waals surface area contributed by atoms with Crippen molar-refractivity contribution in [2.45, 2.75) is 0 Å². The van der Waals surface area contributed by atoms with E-state index < -0.39 is 5.97 Å². The quantitative estimate of drug-likeness (QED) is 0.900. The molecule has 0 spiro atoms. The van der Waals surface area contributed by atoms with Crippen molar-refractivity contribution in [2.24, 2.45) is 0 Å². The molecule has 6 heteroatoms. The first kappa shape index (κ1) is 9.85. The highest BCUT2D eigenvalue weighted by molar-refractivity contribution is 9.10. The summed E-state index contributed by atoms with van der Waals surface area (Å²) in [5.74, 6) is -1.34. The van der Waals surface area contributed by atoms with E-state index in [-0.39, 0.29) is 5.82 Å². The van der Waals surface area contributed by atoms with Crippen LogP contribution >= 0.6 is 15.9 Å². The molecular weight excluding hydrogens is 262 g/mol. The molecule has 1 aromatic heterocycles. The Bertz CT molecular complexity index is 492. The van der Waals surface area contributed by atoms with Gasteiger partial charge in [0.05, 0.1) is 5.69 Å². The molecule has 2 aromatic rings. The second kappa shape index (κ2) is 3.82. The van der Waals surface area contributed by atoms with Crippen LogP contribution in [-0.2, 0) is 0 Å². The van der Waals surface area contributed by atoms with Gasteiger partial charge < -0.3 is 5.11 Å². The third-order valence-corrected chi connectivity index (χ3v) is 2.30. The zero-order valence-electron chi connectivity index (χ0n) is 7.46. The lowest BCUT2D eigenvalue weighted by atomic mass is 10.3. The number of nitrogens with zero attached hydrogens (tertiary/aromatic N) is 3. The van der Waals surface area contributed by atoms with E-state index in [1.807, 2.05) is 24.3 Å². The molecule has 0 atom stereocenters. The highest BCUT2D eigenvalue weighted by Crippen LogP contribution is 2.12. The summed E-state index contributed by atoms with van der Waals surface area (Å²) in [6, 6.07) is 7.31. The van der Waals surface area contributed by atoms with Crippen molar-refractivity contribution in [2.75, 3.05) is 0 Å². The van der Waals surface area contributed by atoms with E-state index in [9.17, 15) is 4.79 Å². The molecule has 1 aromatic carbocycles. The number of carboxylic acid groups (broad SMARTS) is 1. The number of carbonyl (C=O) groups is 1. The molecule has 0 aliphatic rings. The van der Waals surface area contributed by atoms with E-state index >= 15 is 0 Å². The molecule has 1 heterocycles. The molecule has 0 saturated heterocycles. The lowest BCUT2D eigenvalue weighted by Gasteiger charge is -1.98. The van der Waals surface area contributed by atoms with Gasteiger partial charge in [-0.1, -0.05) is 15.9 Å². The number of halogens is 1. The Hall–Kier alpha value is -1.69. The summed E-state index contributed by atoms with van der Waals surface area (Å²) >= 11 is 3.31. The molecule has 0 aliphatic heterocycles. The summed E-state index contributed by atoms with van der Waals surface area (Å²) in [4.78, 5) is 14.2. The van der Waals surface area contributed by atoms with Crippen molar-refractivity contribution < 1.29 is 9.90 Å². The first-order chi connectivity index (χ1) is 7.16. The average Bonchev–Trinajstić information content (AvgIpc) is 2.68. The molecule has 0 bridgehead atoms. The molecular formula is C9H6BrN3O2. The Morgan fingerprint density at radius 1 is 1.33 bits per heavy atom. The summed E-state index contributed by atoms with van der Waals surface area (Å²) < 4.78 is 2.36. The SMILES string of the molecule is O=C(O)c1ncn(-c2ccc(Br)cc2)n1. The zero-order chi connectivity index (χ0) is 10.8. The van der Waals surface area contributed by atoms with E-state index in [0.29, 0.717) is 0 Å². The fraction of sp³-hybridized carbons (Fsp3) is 0. The van der Waals surface area contributed by atoms with Crippen molar-refractivity contribution in [3.8, 4) is 5.69 Å². The van der Waals surface area contributed by atoms with Gasteiger partial charge in [0.15, 0.2) is 0 Å². The number of rotatable bonds is 2. The molecule has 0 radical (unpaired) electrons. The van der Waals surface area contributed by atoms with Crippen LogP contribution in [0.15, 0.2) is 35.1 Å². The van der Waals surface area contributed by atoms with Crippen molar-refractivity contribution in [3.05, 3.63) is 40.9 Å². The van der Waals surface area contributed by atoms with Gasteiger partial charge in [0.1, 0.15) is 6.33 Å². The largest absolute Gasteiger partial charge is 0.475 e. The Labute approximate surface area is 93.5 Å². The van der Waals surface area contributed by atoms with Crippen LogP contribution < -0.4 is 0 Å². The number of aromatic carboxylic acids is 1. The highest BCUT2D eigenvalue weighted by atomic mass is 79.9. The molecule has 0 saturated carbocycles. The monoisotopic (exact) mass is 267 g/mol. The van der Waals surface area contributed by atoms with Crippen molar-refractivity contribution in [1.82, 2.24) is 14.8 Å². The first-order valence-corrected chi connectivity index (χ1v) is 4.87. The van der Waals surface area contributed by atoms with Crippen molar-refractivity contribution >= 4 is 21.9 Å². The van der Waals surface area contributed by atoms with Gasteiger partial charge >= 0.3 is 5.97 Å². The highest BCUT2D eigenvalue weighted by Gasteiger charge is 2.09. The fourth-order valence-corrected chi connectivity index (χ4v) is 1.34. The minimum Gasteiger partial charge on any atom is -0.475 e. The minimum absolute atomic E-state index is 0.210. The van der Waals surface area contributed by atoms with E-state index in [1.54, 1.807) is 0 Å². The van der Waals surface area contributed by atoms with Crippen molar-refractivity contribution in [1.29, 1.82) is 0 Å². The maximum Gasteiger partial charge on any atom is 0.375 e. The van der Waals surface area contributed by atoms with E-state index in [0.717, 1.165) is 10.2 Å². The summed E-state index contributed by atoms with van der Waals surface area (Å²) in [7, 11) is 0. The third kappa shape index (κ3) is 2.04. The second-order valence-corrected chi connectivity index (χ2v) is 3.71. The smallest absolute Gasteiger partial charge is 0.375 e. The lowest BCUT2D eigenvalue weighted by molar-refractivity contribution is 0.0683. The molecule has 15 heavy (non-hydrogen) atoms. The van der Waals surface area contributed by atoms with Crippen LogP contribution in [0.2, 0.25) is 0 Å². The molecule has 0 fully saturated rings. The van der Waals surface area contributed by atoms with Gasteiger partial charge in [-0.15, -0.1) is 5.10 Å². The van der Waals surface area contributed by atoms with Crippen LogP contribution in [0.4, 0.5) is 0 Å². The predicted octanol–water partition coefficient (Wildman–Crippen LogP) is 1.73. The number of benzene rings is 1. The maximum atomic E-state index is 10.6. The molecule has 5 nitrogen and oxygen atoms in total. The first-order valence-electron chi connectivity index (χ1n) is 4.08. The van der Waals surface area contributed by atoms with Crippen LogP contribution in [0.1, 0.15) is 10.6 Å². The van der Waals surface area contributed by atoms with Crippen LogP contribution in [0.25, 0.3) is 5.69 Å². The van der Waals surface area contributed by atoms with E-state index in [4.69, 9.17) is 5.11 Å². The Morgan fingerprint density at radius 2 is 2.00 bits per heavy atom. The molecule has 2 rings (SSSR count). The van der Waals surface area contributed by atoms with Gasteiger partial charge in [-0.3, -0.25) is 0 Å². The summed E-state index contributed by atoms with van der Waals surface area (Å²) in [6.45, 7) is 0. The number of carboxylic acids is 1. The maximum absolute atomic E-state index is 10.6. The normalized spacial score (nSPS) is 10.2. The minimum atomic E-state index is -1.13. The van der Waals surface area contributed by atoms with Crippen LogP contribution in [0.5, 0.6) is 0 Å². The Balaban J connectivity index is 2.37. The summed E-state index contributed by atoms with van der Waals surface area (Å²) in [5, 5.41) is 12.4. The fourth-order valence-electron chi connectivity index (χ4n) is 1.08. The topological polar surface area (TPSA) is 68.0 Å². The molecule has 0 unspecified atom stereocenters. The average molecular weight is 268 g/mol. The van der Waals surface area contributed by atoms with Crippen LogP contribution in [-0.4, -0.2) is 25.8 Å². The number of aromatic nitrogens is 3. The van der Waals surface area contributed by atoms with Gasteiger partial charge in [-0.05, 0) is 24.3 Å². The summed E-state index contributed by atoms with van der Waals surface area (Å²) in [6.07, 6.45) is 1.37. The Kier molecular flexibility index (Phi) is 2.51. The van der Waals surface area contributed by atoms with E-state index in [2.05, 4.69) is 26.0 Å². The van der Waals surface area contributed by atoms with Gasteiger partial charge in [0.2, 0.25) is 0 Å². The van der Waals surface area contributed by atoms with Gasteiger partial charge in [-0.2, -0.15) is 0 Å². The standard InChI is InChI=1S/C9H6BrN3O2/c10-6-1-3-7(4-2-6)13-5-11-8(12-13)9(14)15/h1-5H,(H,14,15). The lowest BCUT2D eigenvalue weighted by Crippen LogP contribution is -2.01. The van der Waals surface area contributed by atoms with Crippen LogP contribution in [0.3, 0.4) is 0 Å². The second-order valence-electron chi connectivity index (χ2n) is 2.79. The zero-order valence-corrected chi connectivity index (χ0v) is 9.05. The van der Waals surface area contributed by atoms with Gasteiger partial charge in [-0.25, -0.2) is 14.5 Å². The summed E-state index contributed by atoms with van der Waals surface area (Å²) in [5.41, 5.74) is 0.762. The third-order valence-electron chi connectivity index (χ3n) is 1.77. The molecule has 0 amide bonds. The molecule has 1 N–H and O–H groups in total.